The molecular weight excluding hydrogens is 584 g/mol. The third kappa shape index (κ3) is 5.91. The lowest BCUT2D eigenvalue weighted by Crippen LogP contribution is -2.50. The fourth-order valence-corrected chi connectivity index (χ4v) is 5.54. The van der Waals surface area contributed by atoms with Crippen molar-refractivity contribution in [3.05, 3.63) is 61.2 Å². The van der Waals surface area contributed by atoms with Crippen LogP contribution in [0.2, 0.25) is 0 Å². The van der Waals surface area contributed by atoms with E-state index in [0.717, 1.165) is 10.9 Å². The average Bonchev–Trinajstić information content (AvgIpc) is 3.56. The Bertz CT molecular complexity index is 1760. The summed E-state index contributed by atoms with van der Waals surface area (Å²) in [5.41, 5.74) is -1.47. The highest BCUT2D eigenvalue weighted by molar-refractivity contribution is 7.92. The molecule has 3 atom stereocenters. The van der Waals surface area contributed by atoms with Crippen LogP contribution in [0, 0.1) is 0 Å². The van der Waals surface area contributed by atoms with Crippen molar-refractivity contribution < 1.29 is 37.7 Å². The van der Waals surface area contributed by atoms with E-state index in [1.165, 1.54) is 37.7 Å². The van der Waals surface area contributed by atoms with Gasteiger partial charge in [0, 0.05) is 17.9 Å². The molecule has 3 heterocycles. The number of nitrogens with one attached hydrogen (secondary N) is 4. The summed E-state index contributed by atoms with van der Waals surface area (Å²) in [6.45, 7) is 1.58. The summed E-state index contributed by atoms with van der Waals surface area (Å²) < 4.78 is 39.9. The zero-order valence-corrected chi connectivity index (χ0v) is 23.7. The SMILES string of the molecule is CCNC(=O)[C@H]1OCC(O)(n2cnc3c(NC(=O)Nc4cccc(S(=O)(=O)Nc5ccc(OC)cc5)c4)ncnc32)C1O. The molecule has 4 aromatic rings. The van der Waals surface area contributed by atoms with E-state index in [1.54, 1.807) is 31.2 Å². The topological polar surface area (TPSA) is 219 Å². The van der Waals surface area contributed by atoms with Gasteiger partial charge in [-0.2, -0.15) is 0 Å². The lowest BCUT2D eigenvalue weighted by molar-refractivity contribution is -0.137. The molecule has 17 heteroatoms. The van der Waals surface area contributed by atoms with Crippen molar-refractivity contribution in [1.29, 1.82) is 0 Å². The van der Waals surface area contributed by atoms with Crippen molar-refractivity contribution >= 4 is 50.3 Å². The van der Waals surface area contributed by atoms with Crippen LogP contribution in [-0.4, -0.2) is 82.6 Å². The minimum absolute atomic E-state index is 0.0384. The fraction of sp³-hybridized carbons (Fsp3) is 0.269. The Balaban J connectivity index is 1.31. The number of rotatable bonds is 9. The maximum Gasteiger partial charge on any atom is 0.324 e. The molecule has 6 N–H and O–H groups in total. The molecule has 0 radical (unpaired) electrons. The predicted octanol–water partition coefficient (Wildman–Crippen LogP) is 0.821. The van der Waals surface area contributed by atoms with Crippen LogP contribution in [-0.2, 0) is 25.3 Å². The van der Waals surface area contributed by atoms with Gasteiger partial charge in [0.25, 0.3) is 15.9 Å². The number of aromatic nitrogens is 4. The number of urea groups is 1. The van der Waals surface area contributed by atoms with Crippen LogP contribution in [0.5, 0.6) is 5.75 Å². The lowest BCUT2D eigenvalue weighted by atomic mass is 10.0. The van der Waals surface area contributed by atoms with Gasteiger partial charge in [-0.3, -0.25) is 19.4 Å². The lowest BCUT2D eigenvalue weighted by Gasteiger charge is -2.27. The third-order valence-electron chi connectivity index (χ3n) is 6.57. The van der Waals surface area contributed by atoms with Crippen molar-refractivity contribution in [1.82, 2.24) is 24.8 Å². The second-order valence-electron chi connectivity index (χ2n) is 9.40. The number of benzene rings is 2. The Morgan fingerprint density at radius 2 is 1.88 bits per heavy atom. The van der Waals surface area contributed by atoms with E-state index in [4.69, 9.17) is 9.47 Å². The van der Waals surface area contributed by atoms with E-state index in [0.29, 0.717) is 18.0 Å². The number of nitrogens with zero attached hydrogens (tertiary/aromatic N) is 4. The molecule has 1 saturated heterocycles. The van der Waals surface area contributed by atoms with Gasteiger partial charge in [-0.15, -0.1) is 0 Å². The number of carbonyl (C=O) groups is 2. The van der Waals surface area contributed by atoms with Crippen molar-refractivity contribution in [2.24, 2.45) is 0 Å². The number of hydrogen-bond acceptors (Lipinski definition) is 11. The first-order valence-electron chi connectivity index (χ1n) is 12.9. The summed E-state index contributed by atoms with van der Waals surface area (Å²) in [4.78, 5) is 37.3. The number of aliphatic hydroxyl groups excluding tert-OH is 1. The number of hydrogen-bond donors (Lipinski definition) is 6. The maximum absolute atomic E-state index is 12.9. The van der Waals surface area contributed by atoms with Gasteiger partial charge >= 0.3 is 6.03 Å². The van der Waals surface area contributed by atoms with Gasteiger partial charge in [0.05, 0.1) is 24.9 Å². The van der Waals surface area contributed by atoms with E-state index in [-0.39, 0.29) is 27.6 Å². The molecule has 0 bridgehead atoms. The van der Waals surface area contributed by atoms with Crippen LogP contribution in [0.25, 0.3) is 11.2 Å². The van der Waals surface area contributed by atoms with E-state index in [2.05, 4.69) is 35.6 Å². The molecule has 1 aliphatic heterocycles. The quantitative estimate of drug-likeness (QED) is 0.155. The summed E-state index contributed by atoms with van der Waals surface area (Å²) in [5, 5.41) is 29.6. The zero-order chi connectivity index (χ0) is 30.8. The van der Waals surface area contributed by atoms with Gasteiger partial charge in [-0.25, -0.2) is 28.2 Å². The monoisotopic (exact) mass is 612 g/mol. The van der Waals surface area contributed by atoms with Crippen molar-refractivity contribution in [3.63, 3.8) is 0 Å². The Kier molecular flexibility index (Phi) is 8.14. The molecule has 3 amide bonds. The van der Waals surface area contributed by atoms with E-state index in [9.17, 15) is 28.2 Å². The van der Waals surface area contributed by atoms with Crippen molar-refractivity contribution in [2.75, 3.05) is 35.6 Å². The highest BCUT2D eigenvalue weighted by Crippen LogP contribution is 2.33. The minimum atomic E-state index is -3.98. The molecule has 226 valence electrons. The van der Waals surface area contributed by atoms with Crippen LogP contribution in [0.15, 0.2) is 66.1 Å². The summed E-state index contributed by atoms with van der Waals surface area (Å²) in [6, 6.07) is 11.2. The zero-order valence-electron chi connectivity index (χ0n) is 22.9. The molecule has 1 aliphatic rings. The second-order valence-corrected chi connectivity index (χ2v) is 11.1. The smallest absolute Gasteiger partial charge is 0.324 e. The fourth-order valence-electron chi connectivity index (χ4n) is 4.43. The number of carbonyl (C=O) groups excluding carboxylic acids is 2. The van der Waals surface area contributed by atoms with Crippen molar-refractivity contribution in [2.45, 2.75) is 29.8 Å². The molecule has 5 rings (SSSR count). The van der Waals surface area contributed by atoms with E-state index >= 15 is 0 Å². The summed E-state index contributed by atoms with van der Waals surface area (Å²) in [5.74, 6) is -0.0557. The Morgan fingerprint density at radius 1 is 1.12 bits per heavy atom. The average molecular weight is 613 g/mol. The number of imidazole rings is 1. The summed E-state index contributed by atoms with van der Waals surface area (Å²) in [7, 11) is -2.48. The minimum Gasteiger partial charge on any atom is -0.497 e. The first kappa shape index (κ1) is 29.6. The molecular formula is C26H28N8O8S. The molecule has 16 nitrogen and oxygen atoms in total. The molecule has 2 aromatic carbocycles. The number of amides is 3. The Morgan fingerprint density at radius 3 is 2.60 bits per heavy atom. The first-order valence-corrected chi connectivity index (χ1v) is 14.4. The van der Waals surface area contributed by atoms with Crippen LogP contribution in [0.1, 0.15) is 6.92 Å². The van der Waals surface area contributed by atoms with E-state index < -0.39 is 46.5 Å². The summed E-state index contributed by atoms with van der Waals surface area (Å²) in [6.07, 6.45) is -0.673. The molecule has 2 aromatic heterocycles. The predicted molar refractivity (Wildman–Crippen MR) is 153 cm³/mol. The highest BCUT2D eigenvalue weighted by atomic mass is 32.2. The van der Waals surface area contributed by atoms with Gasteiger partial charge in [0.1, 0.15) is 18.2 Å². The second kappa shape index (κ2) is 11.8. The van der Waals surface area contributed by atoms with Gasteiger partial charge < -0.3 is 30.3 Å². The Hall–Kier alpha value is -4.84. The number of aliphatic hydroxyl groups is 2. The summed E-state index contributed by atoms with van der Waals surface area (Å²) >= 11 is 0. The largest absolute Gasteiger partial charge is 0.497 e. The number of ether oxygens (including phenoxy) is 2. The maximum atomic E-state index is 12.9. The third-order valence-corrected chi connectivity index (χ3v) is 7.95. The molecule has 1 fully saturated rings. The van der Waals surface area contributed by atoms with E-state index in [1.807, 2.05) is 0 Å². The highest BCUT2D eigenvalue weighted by Gasteiger charge is 2.53. The standard InChI is InChI=1S/C26H28N8O8S/c1-3-27-24(36)20-21(35)26(38,12-42-20)34-14-30-19-22(28-13-29-23(19)34)32-25(37)31-16-5-4-6-18(11-16)43(39,40)33-15-7-9-17(41-2)10-8-15/h4-11,13-14,20-21,33,35,38H,3,12H2,1-2H3,(H,27,36)(H2,28,29,31,32,37)/t20-,21?,26?/m0/s1. The number of methoxy groups -OCH3 is 1. The van der Waals surface area contributed by atoms with Crippen LogP contribution < -0.4 is 25.4 Å². The number of anilines is 3. The normalized spacial score (nSPS) is 20.0. The number of fused-ring (bicyclic) bond motifs is 1. The van der Waals surface area contributed by atoms with Gasteiger partial charge in [-0.05, 0) is 49.4 Å². The molecule has 0 saturated carbocycles. The van der Waals surface area contributed by atoms with Crippen LogP contribution >= 0.6 is 0 Å². The van der Waals surface area contributed by atoms with Gasteiger partial charge in [0.2, 0.25) is 0 Å². The van der Waals surface area contributed by atoms with Gasteiger partial charge in [-0.1, -0.05) is 6.07 Å². The number of likely N-dealkylation sites (N-methyl/N-ethyl adjacent to an activating group) is 1. The molecule has 0 spiro atoms. The van der Waals surface area contributed by atoms with Crippen molar-refractivity contribution in [3.8, 4) is 5.75 Å². The Labute approximate surface area is 245 Å². The molecule has 43 heavy (non-hydrogen) atoms. The molecule has 0 aliphatic carbocycles. The number of sulfonamides is 1. The van der Waals surface area contributed by atoms with Crippen LogP contribution in [0.4, 0.5) is 22.0 Å². The first-order chi connectivity index (χ1) is 20.6. The van der Waals surface area contributed by atoms with Gasteiger partial charge in [0.15, 0.2) is 28.8 Å². The molecule has 2 unspecified atom stereocenters. The van der Waals surface area contributed by atoms with Crippen LogP contribution in [0.3, 0.4) is 0 Å².